The van der Waals surface area contributed by atoms with Crippen molar-refractivity contribution in [3.05, 3.63) is 24.3 Å². The molecule has 2 rings (SSSR count). The number of fused-ring (bicyclic) bond motifs is 1. The Labute approximate surface area is 120 Å². The number of hydrogen-bond donors (Lipinski definition) is 1. The minimum atomic E-state index is 0. The van der Waals surface area contributed by atoms with Crippen LogP contribution < -0.4 is 15.1 Å². The van der Waals surface area contributed by atoms with Crippen molar-refractivity contribution in [1.82, 2.24) is 5.32 Å². The molecule has 0 radical (unpaired) electrons. The largest absolute Gasteiger partial charge is 0.371 e. The summed E-state index contributed by atoms with van der Waals surface area (Å²) in [4.78, 5) is 15.9. The third-order valence-corrected chi connectivity index (χ3v) is 2.87. The normalized spacial score (nSPS) is 13.2. The summed E-state index contributed by atoms with van der Waals surface area (Å²) in [6.07, 6.45) is 0. The van der Waals surface area contributed by atoms with E-state index in [9.17, 15) is 4.79 Å². The van der Waals surface area contributed by atoms with Gasteiger partial charge in [0.15, 0.2) is 0 Å². The van der Waals surface area contributed by atoms with E-state index in [0.29, 0.717) is 6.54 Å². The van der Waals surface area contributed by atoms with Crippen LogP contribution in [-0.2, 0) is 4.79 Å². The van der Waals surface area contributed by atoms with E-state index >= 15 is 0 Å². The molecule has 0 aliphatic carbocycles. The molecule has 0 atom stereocenters. The molecule has 18 heavy (non-hydrogen) atoms. The molecule has 0 saturated heterocycles. The van der Waals surface area contributed by atoms with Crippen LogP contribution in [0.4, 0.5) is 11.4 Å². The van der Waals surface area contributed by atoms with E-state index in [2.05, 4.69) is 17.3 Å². The number of nitrogens with zero attached hydrogens (tertiary/aromatic N) is 2. The van der Waals surface area contributed by atoms with Gasteiger partial charge in [-0.3, -0.25) is 4.79 Å². The van der Waals surface area contributed by atoms with Crippen molar-refractivity contribution < 1.29 is 4.79 Å². The number of nitrogens with one attached hydrogen (secondary N) is 1. The van der Waals surface area contributed by atoms with E-state index in [-0.39, 0.29) is 30.7 Å². The summed E-state index contributed by atoms with van der Waals surface area (Å²) in [5.74, 6) is 0.128. The zero-order chi connectivity index (χ0) is 11.5. The van der Waals surface area contributed by atoms with Gasteiger partial charge in [0.05, 0.1) is 17.9 Å². The van der Waals surface area contributed by atoms with Crippen LogP contribution >= 0.6 is 24.8 Å². The van der Waals surface area contributed by atoms with Gasteiger partial charge in [-0.1, -0.05) is 12.1 Å². The quantitative estimate of drug-likeness (QED) is 0.898. The highest BCUT2D eigenvalue weighted by Gasteiger charge is 2.23. The van der Waals surface area contributed by atoms with Gasteiger partial charge < -0.3 is 15.1 Å². The highest BCUT2D eigenvalue weighted by Crippen LogP contribution is 2.31. The lowest BCUT2D eigenvalue weighted by atomic mass is 10.1. The van der Waals surface area contributed by atoms with Gasteiger partial charge in [-0.05, 0) is 19.2 Å². The zero-order valence-electron chi connectivity index (χ0n) is 10.5. The maximum atomic E-state index is 11.9. The molecule has 1 aromatic rings. The number of hydrogen-bond acceptors (Lipinski definition) is 3. The topological polar surface area (TPSA) is 35.6 Å². The van der Waals surface area contributed by atoms with E-state index in [0.717, 1.165) is 24.5 Å². The van der Waals surface area contributed by atoms with Gasteiger partial charge in [-0.15, -0.1) is 24.8 Å². The van der Waals surface area contributed by atoms with Gasteiger partial charge in [-0.25, -0.2) is 0 Å². The van der Waals surface area contributed by atoms with Crippen molar-refractivity contribution in [1.29, 1.82) is 0 Å². The first kappa shape index (κ1) is 17.0. The SMILES string of the molecule is CNCC(=O)N1CCN(C)c2ccccc21.Cl.Cl. The second kappa shape index (κ2) is 7.46. The van der Waals surface area contributed by atoms with Crippen LogP contribution in [0, 0.1) is 0 Å². The van der Waals surface area contributed by atoms with E-state index in [1.165, 1.54) is 0 Å². The van der Waals surface area contributed by atoms with Gasteiger partial charge in [0, 0.05) is 20.1 Å². The van der Waals surface area contributed by atoms with E-state index < -0.39 is 0 Å². The molecule has 1 N–H and O–H groups in total. The summed E-state index contributed by atoms with van der Waals surface area (Å²) in [5, 5.41) is 2.90. The smallest absolute Gasteiger partial charge is 0.241 e. The first-order valence-electron chi connectivity index (χ1n) is 5.49. The molecule has 1 heterocycles. The van der Waals surface area contributed by atoms with Gasteiger partial charge in [-0.2, -0.15) is 0 Å². The molecule has 0 aromatic heterocycles. The first-order chi connectivity index (χ1) is 7.74. The van der Waals surface area contributed by atoms with Crippen LogP contribution in [0.25, 0.3) is 0 Å². The summed E-state index contributed by atoms with van der Waals surface area (Å²) in [6.45, 7) is 2.03. The Bertz CT molecular complexity index is 401. The maximum Gasteiger partial charge on any atom is 0.241 e. The molecule has 1 amide bonds. The second-order valence-corrected chi connectivity index (χ2v) is 3.99. The Morgan fingerprint density at radius 2 is 1.83 bits per heavy atom. The van der Waals surface area contributed by atoms with Crippen LogP contribution in [0.15, 0.2) is 24.3 Å². The second-order valence-electron chi connectivity index (χ2n) is 3.99. The number of halogens is 2. The van der Waals surface area contributed by atoms with Crippen LogP contribution in [0.2, 0.25) is 0 Å². The first-order valence-corrected chi connectivity index (χ1v) is 5.49. The molecule has 6 heteroatoms. The summed E-state index contributed by atoms with van der Waals surface area (Å²) in [7, 11) is 3.85. The molecule has 1 aliphatic rings. The number of para-hydroxylation sites is 2. The fraction of sp³-hybridized carbons (Fsp3) is 0.417. The molecule has 0 spiro atoms. The van der Waals surface area contributed by atoms with Gasteiger partial charge in [0.2, 0.25) is 5.91 Å². The average molecular weight is 292 g/mol. The van der Waals surface area contributed by atoms with Gasteiger partial charge >= 0.3 is 0 Å². The predicted molar refractivity (Wildman–Crippen MR) is 80.5 cm³/mol. The number of anilines is 2. The summed E-state index contributed by atoms with van der Waals surface area (Å²) >= 11 is 0. The van der Waals surface area contributed by atoms with E-state index in [4.69, 9.17) is 0 Å². The molecule has 1 aromatic carbocycles. The lowest BCUT2D eigenvalue weighted by Crippen LogP contribution is -2.45. The van der Waals surface area contributed by atoms with E-state index in [1.807, 2.05) is 29.2 Å². The summed E-state index contributed by atoms with van der Waals surface area (Å²) in [6, 6.07) is 8.02. The molecule has 0 bridgehead atoms. The van der Waals surface area contributed by atoms with Crippen molar-refractivity contribution in [3.8, 4) is 0 Å². The van der Waals surface area contributed by atoms with Crippen molar-refractivity contribution >= 4 is 42.1 Å². The molecule has 1 aliphatic heterocycles. The molecular formula is C12H19Cl2N3O. The molecule has 0 unspecified atom stereocenters. The average Bonchev–Trinajstić information content (AvgIpc) is 2.30. The minimum absolute atomic E-state index is 0. The predicted octanol–water partition coefficient (Wildman–Crippen LogP) is 1.53. The number of carbonyl (C=O) groups excluding carboxylic acids is 1. The Balaban J connectivity index is 0.00000144. The third kappa shape index (κ3) is 3.28. The number of carbonyl (C=O) groups is 1. The van der Waals surface area contributed by atoms with Gasteiger partial charge in [0.1, 0.15) is 0 Å². The Morgan fingerprint density at radius 1 is 1.22 bits per heavy atom. The van der Waals surface area contributed by atoms with Gasteiger partial charge in [0.25, 0.3) is 0 Å². The Kier molecular flexibility index (Phi) is 7.06. The van der Waals surface area contributed by atoms with Crippen molar-refractivity contribution in [3.63, 3.8) is 0 Å². The number of likely N-dealkylation sites (N-methyl/N-ethyl adjacent to an activating group) is 2. The summed E-state index contributed by atoms with van der Waals surface area (Å²) in [5.41, 5.74) is 2.13. The Morgan fingerprint density at radius 3 is 2.44 bits per heavy atom. The molecular weight excluding hydrogens is 273 g/mol. The monoisotopic (exact) mass is 291 g/mol. The fourth-order valence-electron chi connectivity index (χ4n) is 2.01. The van der Waals surface area contributed by atoms with Crippen LogP contribution in [-0.4, -0.2) is 39.6 Å². The molecule has 0 fully saturated rings. The zero-order valence-corrected chi connectivity index (χ0v) is 12.2. The van der Waals surface area contributed by atoms with Crippen LogP contribution in [0.3, 0.4) is 0 Å². The number of benzene rings is 1. The van der Waals surface area contributed by atoms with Crippen molar-refractivity contribution in [2.75, 3.05) is 43.5 Å². The van der Waals surface area contributed by atoms with Crippen LogP contribution in [0.5, 0.6) is 0 Å². The standard InChI is InChI=1S/C12H17N3O.2ClH/c1-13-9-12(16)15-8-7-14(2)10-5-3-4-6-11(10)15;;/h3-6,13H,7-9H2,1-2H3;2*1H. The van der Waals surface area contributed by atoms with Crippen LogP contribution in [0.1, 0.15) is 0 Å². The van der Waals surface area contributed by atoms with Crippen molar-refractivity contribution in [2.24, 2.45) is 0 Å². The third-order valence-electron chi connectivity index (χ3n) is 2.87. The maximum absolute atomic E-state index is 11.9. The highest BCUT2D eigenvalue weighted by molar-refractivity contribution is 5.98. The lowest BCUT2D eigenvalue weighted by molar-refractivity contribution is -0.117. The lowest BCUT2D eigenvalue weighted by Gasteiger charge is -2.35. The number of amides is 1. The number of rotatable bonds is 2. The van der Waals surface area contributed by atoms with E-state index in [1.54, 1.807) is 7.05 Å². The minimum Gasteiger partial charge on any atom is -0.371 e. The molecule has 4 nitrogen and oxygen atoms in total. The van der Waals surface area contributed by atoms with Crippen molar-refractivity contribution in [2.45, 2.75) is 0 Å². The molecule has 102 valence electrons. The molecule has 0 saturated carbocycles. The summed E-state index contributed by atoms with van der Waals surface area (Å²) < 4.78 is 0. The highest BCUT2D eigenvalue weighted by atomic mass is 35.5. The Hall–Kier alpha value is -0.970. The fourth-order valence-corrected chi connectivity index (χ4v) is 2.01.